The first-order chi connectivity index (χ1) is 10.6. The van der Waals surface area contributed by atoms with Gasteiger partial charge < -0.3 is 9.94 Å². The second-order valence-corrected chi connectivity index (χ2v) is 5.65. The number of carbonyl (C=O) groups is 1. The van der Waals surface area contributed by atoms with Crippen LogP contribution in [-0.4, -0.2) is 23.2 Å². The molecule has 5 heteroatoms. The minimum Gasteiger partial charge on any atom is -0.511 e. The summed E-state index contributed by atoms with van der Waals surface area (Å²) in [5, 5.41) is 14.9. The molecule has 0 aromatic heterocycles. The first-order valence-electron chi connectivity index (χ1n) is 7.46. The number of oxime groups is 1. The molecule has 0 saturated carbocycles. The SMILES string of the molecule is CCO/N=C(/CC)C1=C(O)CC(c2ccc(Cl)cc2)CC1=O. The molecule has 2 rings (SSSR count). The number of carbonyl (C=O) groups excluding carboxylic acids is 1. The zero-order valence-electron chi connectivity index (χ0n) is 12.8. The van der Waals surface area contributed by atoms with E-state index in [-0.39, 0.29) is 17.5 Å². The number of Topliss-reactive ketones (excluding diaryl/α,β-unsaturated/α-hetero) is 1. The van der Waals surface area contributed by atoms with Crippen LogP contribution in [0.4, 0.5) is 0 Å². The molecule has 1 aliphatic carbocycles. The lowest BCUT2D eigenvalue weighted by Crippen LogP contribution is -2.23. The summed E-state index contributed by atoms with van der Waals surface area (Å²) in [5.74, 6) is -0.0285. The zero-order valence-corrected chi connectivity index (χ0v) is 13.6. The van der Waals surface area contributed by atoms with Crippen molar-refractivity contribution < 1.29 is 14.7 Å². The lowest BCUT2D eigenvalue weighted by Gasteiger charge is -2.24. The predicted octanol–water partition coefficient (Wildman–Crippen LogP) is 4.40. The smallest absolute Gasteiger partial charge is 0.168 e. The maximum atomic E-state index is 12.4. The monoisotopic (exact) mass is 321 g/mol. The molecule has 0 saturated heterocycles. The van der Waals surface area contributed by atoms with Gasteiger partial charge in [0, 0.05) is 17.9 Å². The molecule has 118 valence electrons. The Balaban J connectivity index is 2.26. The molecule has 0 aliphatic heterocycles. The summed E-state index contributed by atoms with van der Waals surface area (Å²) in [4.78, 5) is 17.5. The van der Waals surface area contributed by atoms with Crippen LogP contribution >= 0.6 is 11.6 Å². The van der Waals surface area contributed by atoms with Crippen LogP contribution in [0.25, 0.3) is 0 Å². The van der Waals surface area contributed by atoms with Crippen LogP contribution in [-0.2, 0) is 9.63 Å². The van der Waals surface area contributed by atoms with Crippen LogP contribution in [0.2, 0.25) is 5.02 Å². The van der Waals surface area contributed by atoms with Crippen molar-refractivity contribution in [2.45, 2.75) is 39.0 Å². The molecule has 0 heterocycles. The number of hydrogen-bond donors (Lipinski definition) is 1. The molecular weight excluding hydrogens is 302 g/mol. The quantitative estimate of drug-likeness (QED) is 0.646. The summed E-state index contributed by atoms with van der Waals surface area (Å²) < 4.78 is 0. The minimum absolute atomic E-state index is 0.0290. The molecule has 0 fully saturated rings. The number of hydrogen-bond acceptors (Lipinski definition) is 4. The lowest BCUT2D eigenvalue weighted by molar-refractivity contribution is -0.116. The van der Waals surface area contributed by atoms with E-state index in [0.717, 1.165) is 5.56 Å². The van der Waals surface area contributed by atoms with Gasteiger partial charge in [-0.2, -0.15) is 0 Å². The van der Waals surface area contributed by atoms with Crippen molar-refractivity contribution in [3.8, 4) is 0 Å². The van der Waals surface area contributed by atoms with Gasteiger partial charge in [-0.25, -0.2) is 0 Å². The highest BCUT2D eigenvalue weighted by Crippen LogP contribution is 2.34. The van der Waals surface area contributed by atoms with Crippen molar-refractivity contribution in [2.24, 2.45) is 5.16 Å². The van der Waals surface area contributed by atoms with Crippen LogP contribution in [0.1, 0.15) is 44.6 Å². The van der Waals surface area contributed by atoms with E-state index < -0.39 is 0 Å². The van der Waals surface area contributed by atoms with Gasteiger partial charge >= 0.3 is 0 Å². The van der Waals surface area contributed by atoms with Gasteiger partial charge in [0.25, 0.3) is 0 Å². The maximum Gasteiger partial charge on any atom is 0.168 e. The molecule has 0 amide bonds. The molecule has 1 N–H and O–H groups in total. The summed E-state index contributed by atoms with van der Waals surface area (Å²) in [6.07, 6.45) is 1.32. The van der Waals surface area contributed by atoms with E-state index >= 15 is 0 Å². The van der Waals surface area contributed by atoms with E-state index in [4.69, 9.17) is 16.4 Å². The van der Waals surface area contributed by atoms with Crippen molar-refractivity contribution >= 4 is 23.1 Å². The van der Waals surface area contributed by atoms with Crippen LogP contribution in [0.3, 0.4) is 0 Å². The van der Waals surface area contributed by atoms with Crippen LogP contribution in [0, 0.1) is 0 Å². The largest absolute Gasteiger partial charge is 0.511 e. The number of nitrogens with zero attached hydrogens (tertiary/aromatic N) is 1. The zero-order chi connectivity index (χ0) is 16.1. The van der Waals surface area contributed by atoms with Crippen LogP contribution in [0.5, 0.6) is 0 Å². The number of ketones is 1. The second-order valence-electron chi connectivity index (χ2n) is 5.21. The van der Waals surface area contributed by atoms with E-state index in [1.165, 1.54) is 0 Å². The number of benzene rings is 1. The number of rotatable bonds is 5. The fourth-order valence-corrected chi connectivity index (χ4v) is 2.75. The molecule has 1 aromatic rings. The van der Waals surface area contributed by atoms with Gasteiger partial charge in [-0.15, -0.1) is 0 Å². The second kappa shape index (κ2) is 7.45. The van der Waals surface area contributed by atoms with Gasteiger partial charge in [0.1, 0.15) is 12.4 Å². The molecule has 0 bridgehead atoms. The highest BCUT2D eigenvalue weighted by molar-refractivity contribution is 6.30. The molecule has 1 aromatic carbocycles. The van der Waals surface area contributed by atoms with Crippen molar-refractivity contribution in [3.63, 3.8) is 0 Å². The van der Waals surface area contributed by atoms with Gasteiger partial charge in [-0.05, 0) is 37.0 Å². The molecule has 1 atom stereocenters. The molecule has 22 heavy (non-hydrogen) atoms. The molecule has 1 unspecified atom stereocenters. The summed E-state index contributed by atoms with van der Waals surface area (Å²) in [6.45, 7) is 4.14. The minimum atomic E-state index is -0.0935. The lowest BCUT2D eigenvalue weighted by atomic mass is 9.81. The molecule has 4 nitrogen and oxygen atoms in total. The Labute approximate surface area is 135 Å². The van der Waals surface area contributed by atoms with Crippen molar-refractivity contribution in [2.75, 3.05) is 6.61 Å². The van der Waals surface area contributed by atoms with E-state index in [0.29, 0.717) is 42.2 Å². The van der Waals surface area contributed by atoms with Crippen LogP contribution in [0.15, 0.2) is 40.8 Å². The summed E-state index contributed by atoms with van der Waals surface area (Å²) >= 11 is 5.88. The first kappa shape index (κ1) is 16.6. The molecule has 0 radical (unpaired) electrons. The summed E-state index contributed by atoms with van der Waals surface area (Å²) in [6, 6.07) is 7.39. The van der Waals surface area contributed by atoms with Gasteiger partial charge in [-0.3, -0.25) is 4.79 Å². The third-order valence-electron chi connectivity index (χ3n) is 3.71. The number of halogens is 1. The fraction of sp³-hybridized carbons (Fsp3) is 0.412. The van der Waals surface area contributed by atoms with E-state index in [1.54, 1.807) is 12.1 Å². The topological polar surface area (TPSA) is 58.9 Å². The number of aliphatic hydroxyl groups excluding tert-OH is 1. The molecular formula is C17H20ClNO3. The first-order valence-corrected chi connectivity index (χ1v) is 7.84. The highest BCUT2D eigenvalue weighted by Gasteiger charge is 2.31. The average Bonchev–Trinajstić information content (AvgIpc) is 2.50. The summed E-state index contributed by atoms with van der Waals surface area (Å²) in [5.41, 5.74) is 1.84. The van der Waals surface area contributed by atoms with Crippen molar-refractivity contribution in [3.05, 3.63) is 46.2 Å². The number of allylic oxidation sites excluding steroid dienone is 2. The van der Waals surface area contributed by atoms with Gasteiger partial charge in [0.2, 0.25) is 0 Å². The third-order valence-corrected chi connectivity index (χ3v) is 3.96. The van der Waals surface area contributed by atoms with Crippen LogP contribution < -0.4 is 0 Å². The van der Waals surface area contributed by atoms with E-state index in [2.05, 4.69) is 5.16 Å². The predicted molar refractivity (Wildman–Crippen MR) is 87.4 cm³/mol. The Hall–Kier alpha value is -1.81. The van der Waals surface area contributed by atoms with Crippen molar-refractivity contribution in [1.29, 1.82) is 0 Å². The van der Waals surface area contributed by atoms with E-state index in [9.17, 15) is 9.90 Å². The Kier molecular flexibility index (Phi) is 5.61. The van der Waals surface area contributed by atoms with Crippen molar-refractivity contribution in [1.82, 2.24) is 0 Å². The third kappa shape index (κ3) is 3.69. The Morgan fingerprint density at radius 3 is 2.55 bits per heavy atom. The fourth-order valence-electron chi connectivity index (χ4n) is 2.62. The Morgan fingerprint density at radius 1 is 1.32 bits per heavy atom. The standard InChI is InChI=1S/C17H20ClNO3/c1-3-14(19-22-4-2)17-15(20)9-12(10-16(17)21)11-5-7-13(18)8-6-11/h5-8,12,20H,3-4,9-10H2,1-2H3/b19-14-. The maximum absolute atomic E-state index is 12.4. The van der Waals surface area contributed by atoms with Gasteiger partial charge in [0.15, 0.2) is 5.78 Å². The highest BCUT2D eigenvalue weighted by atomic mass is 35.5. The normalized spacial score (nSPS) is 19.5. The van der Waals surface area contributed by atoms with Gasteiger partial charge in [-0.1, -0.05) is 35.8 Å². The number of aliphatic hydroxyl groups is 1. The Morgan fingerprint density at radius 2 is 2.00 bits per heavy atom. The van der Waals surface area contributed by atoms with E-state index in [1.807, 2.05) is 26.0 Å². The molecule has 1 aliphatic rings. The van der Waals surface area contributed by atoms with Gasteiger partial charge in [0.05, 0.1) is 11.3 Å². The Bertz CT molecular complexity index is 605. The summed E-state index contributed by atoms with van der Waals surface area (Å²) in [7, 11) is 0. The molecule has 0 spiro atoms. The average molecular weight is 322 g/mol.